The van der Waals surface area contributed by atoms with Crippen molar-refractivity contribution in [2.24, 2.45) is 0 Å². The number of benzene rings is 1. The largest absolute Gasteiger partial charge is 0.368 e. The summed E-state index contributed by atoms with van der Waals surface area (Å²) >= 11 is 0. The first-order chi connectivity index (χ1) is 8.00. The number of nitrogens with zero attached hydrogens (tertiary/aromatic N) is 1. The van der Waals surface area contributed by atoms with Crippen LogP contribution in [-0.2, 0) is 11.2 Å². The lowest BCUT2D eigenvalue weighted by atomic mass is 9.98. The molecule has 0 aliphatic carbocycles. The maximum Gasteiger partial charge on any atom is 0.134 e. The van der Waals surface area contributed by atoms with Gasteiger partial charge in [0.2, 0.25) is 0 Å². The molecule has 0 aromatic heterocycles. The molecular weight excluding hydrogens is 210 g/mol. The van der Waals surface area contributed by atoms with Gasteiger partial charge in [-0.3, -0.25) is 4.79 Å². The van der Waals surface area contributed by atoms with Crippen molar-refractivity contribution in [3.8, 4) is 0 Å². The van der Waals surface area contributed by atoms with Crippen molar-refractivity contribution in [3.05, 3.63) is 29.3 Å². The van der Waals surface area contributed by atoms with Crippen LogP contribution < -0.4 is 4.90 Å². The van der Waals surface area contributed by atoms with E-state index < -0.39 is 0 Å². The van der Waals surface area contributed by atoms with Gasteiger partial charge in [-0.15, -0.1) is 0 Å². The molecule has 1 heterocycles. The van der Waals surface area contributed by atoms with Gasteiger partial charge in [-0.25, -0.2) is 0 Å². The lowest BCUT2D eigenvalue weighted by Gasteiger charge is -2.26. The molecule has 0 spiro atoms. The minimum Gasteiger partial charge on any atom is -0.368 e. The van der Waals surface area contributed by atoms with Crippen molar-refractivity contribution in [2.45, 2.75) is 46.1 Å². The number of hydrogen-bond acceptors (Lipinski definition) is 2. The lowest BCUT2D eigenvalue weighted by Crippen LogP contribution is -2.30. The standard InChI is InChI=1S/C15H21NO/c1-10(2)16-9-11(3)14-7-5-6-13(15(14)16)8-12(4)17/h5-7,10-11H,8-9H2,1-4H3. The van der Waals surface area contributed by atoms with E-state index in [0.717, 1.165) is 6.54 Å². The van der Waals surface area contributed by atoms with Gasteiger partial charge >= 0.3 is 0 Å². The molecule has 1 aromatic rings. The lowest BCUT2D eigenvalue weighted by molar-refractivity contribution is -0.116. The number of carbonyl (C=O) groups is 1. The van der Waals surface area contributed by atoms with Crippen LogP contribution >= 0.6 is 0 Å². The molecule has 0 saturated carbocycles. The third-order valence-electron chi connectivity index (χ3n) is 3.50. The first-order valence-electron chi connectivity index (χ1n) is 6.38. The summed E-state index contributed by atoms with van der Waals surface area (Å²) in [5.74, 6) is 0.806. The Labute approximate surface area is 104 Å². The molecule has 1 aliphatic rings. The molecule has 0 radical (unpaired) electrons. The van der Waals surface area contributed by atoms with Crippen LogP contribution in [0.15, 0.2) is 18.2 Å². The number of anilines is 1. The number of carbonyl (C=O) groups excluding carboxylic acids is 1. The fourth-order valence-electron chi connectivity index (χ4n) is 2.72. The molecular formula is C15H21NO. The van der Waals surface area contributed by atoms with Gasteiger partial charge in [0.1, 0.15) is 5.78 Å². The zero-order valence-corrected chi connectivity index (χ0v) is 11.2. The summed E-state index contributed by atoms with van der Waals surface area (Å²) in [5.41, 5.74) is 3.90. The highest BCUT2D eigenvalue weighted by atomic mass is 16.1. The van der Waals surface area contributed by atoms with Gasteiger partial charge in [-0.1, -0.05) is 25.1 Å². The molecule has 1 unspecified atom stereocenters. The second-order valence-electron chi connectivity index (χ2n) is 5.38. The molecule has 2 rings (SSSR count). The average Bonchev–Trinajstić information content (AvgIpc) is 2.57. The Morgan fingerprint density at radius 1 is 1.47 bits per heavy atom. The summed E-state index contributed by atoms with van der Waals surface area (Å²) < 4.78 is 0. The van der Waals surface area contributed by atoms with Crippen molar-refractivity contribution in [3.63, 3.8) is 0 Å². The zero-order chi connectivity index (χ0) is 12.6. The van der Waals surface area contributed by atoms with Crippen LogP contribution in [0.5, 0.6) is 0 Å². The van der Waals surface area contributed by atoms with E-state index in [0.29, 0.717) is 18.4 Å². The van der Waals surface area contributed by atoms with Gasteiger partial charge in [-0.2, -0.15) is 0 Å². The van der Waals surface area contributed by atoms with Crippen LogP contribution in [-0.4, -0.2) is 18.4 Å². The SMILES string of the molecule is CC(=O)Cc1cccc2c1N(C(C)C)CC2C. The van der Waals surface area contributed by atoms with Crippen LogP contribution in [0.2, 0.25) is 0 Å². The number of rotatable bonds is 3. The highest BCUT2D eigenvalue weighted by Gasteiger charge is 2.29. The molecule has 0 amide bonds. The molecule has 0 N–H and O–H groups in total. The zero-order valence-electron chi connectivity index (χ0n) is 11.2. The first kappa shape index (κ1) is 12.2. The average molecular weight is 231 g/mol. The Balaban J connectivity index is 2.47. The van der Waals surface area contributed by atoms with E-state index in [-0.39, 0.29) is 5.78 Å². The third kappa shape index (κ3) is 2.21. The highest BCUT2D eigenvalue weighted by Crippen LogP contribution is 2.39. The Kier molecular flexibility index (Phi) is 3.23. The molecule has 1 aliphatic heterocycles. The quantitative estimate of drug-likeness (QED) is 0.796. The Hall–Kier alpha value is -1.31. The van der Waals surface area contributed by atoms with Gasteiger partial charge in [0.15, 0.2) is 0 Å². The highest BCUT2D eigenvalue weighted by molar-refractivity contribution is 5.81. The monoisotopic (exact) mass is 231 g/mol. The van der Waals surface area contributed by atoms with Gasteiger partial charge in [-0.05, 0) is 31.9 Å². The summed E-state index contributed by atoms with van der Waals surface area (Å²) in [5, 5.41) is 0. The number of hydrogen-bond donors (Lipinski definition) is 0. The maximum atomic E-state index is 11.4. The number of fused-ring (bicyclic) bond motifs is 1. The topological polar surface area (TPSA) is 20.3 Å². The number of ketones is 1. The maximum absolute atomic E-state index is 11.4. The second-order valence-corrected chi connectivity index (χ2v) is 5.38. The molecule has 2 nitrogen and oxygen atoms in total. The molecule has 1 atom stereocenters. The summed E-state index contributed by atoms with van der Waals surface area (Å²) in [6, 6.07) is 6.86. The van der Waals surface area contributed by atoms with E-state index in [9.17, 15) is 4.79 Å². The number of Topliss-reactive ketones (excluding diaryl/α,β-unsaturated/α-hetero) is 1. The molecule has 0 fully saturated rings. The van der Waals surface area contributed by atoms with Crippen molar-refractivity contribution < 1.29 is 4.79 Å². The van der Waals surface area contributed by atoms with Crippen molar-refractivity contribution in [1.82, 2.24) is 0 Å². The first-order valence-corrected chi connectivity index (χ1v) is 6.38. The summed E-state index contributed by atoms with van der Waals surface area (Å²) in [6.07, 6.45) is 0.555. The van der Waals surface area contributed by atoms with Crippen LogP contribution in [0.4, 0.5) is 5.69 Å². The van der Waals surface area contributed by atoms with Crippen molar-refractivity contribution >= 4 is 11.5 Å². The van der Waals surface area contributed by atoms with Gasteiger partial charge < -0.3 is 4.90 Å². The predicted molar refractivity (Wildman–Crippen MR) is 71.7 cm³/mol. The number of para-hydroxylation sites is 1. The Morgan fingerprint density at radius 3 is 2.76 bits per heavy atom. The van der Waals surface area contributed by atoms with Gasteiger partial charge in [0.05, 0.1) is 0 Å². The van der Waals surface area contributed by atoms with E-state index in [4.69, 9.17) is 0 Å². The van der Waals surface area contributed by atoms with Gasteiger partial charge in [0.25, 0.3) is 0 Å². The minimum atomic E-state index is 0.238. The fourth-order valence-corrected chi connectivity index (χ4v) is 2.72. The van der Waals surface area contributed by atoms with Crippen LogP contribution in [0.3, 0.4) is 0 Å². The van der Waals surface area contributed by atoms with E-state index >= 15 is 0 Å². The third-order valence-corrected chi connectivity index (χ3v) is 3.50. The minimum absolute atomic E-state index is 0.238. The molecule has 92 valence electrons. The van der Waals surface area contributed by atoms with E-state index in [1.807, 2.05) is 0 Å². The molecule has 17 heavy (non-hydrogen) atoms. The van der Waals surface area contributed by atoms with E-state index in [1.165, 1.54) is 16.8 Å². The second kappa shape index (κ2) is 4.52. The molecule has 2 heteroatoms. The molecule has 0 bridgehead atoms. The van der Waals surface area contributed by atoms with Gasteiger partial charge in [0, 0.05) is 30.6 Å². The summed E-state index contributed by atoms with van der Waals surface area (Å²) in [4.78, 5) is 13.8. The Bertz CT molecular complexity index is 437. The van der Waals surface area contributed by atoms with Crippen molar-refractivity contribution in [1.29, 1.82) is 0 Å². The fraction of sp³-hybridized carbons (Fsp3) is 0.533. The van der Waals surface area contributed by atoms with E-state index in [1.54, 1.807) is 6.92 Å². The van der Waals surface area contributed by atoms with Crippen LogP contribution in [0, 0.1) is 0 Å². The van der Waals surface area contributed by atoms with Crippen LogP contribution in [0.1, 0.15) is 44.7 Å². The normalized spacial score (nSPS) is 18.6. The molecule has 1 aromatic carbocycles. The van der Waals surface area contributed by atoms with Crippen molar-refractivity contribution in [2.75, 3.05) is 11.4 Å². The molecule has 0 saturated heterocycles. The predicted octanol–water partition coefficient (Wildman–Crippen LogP) is 3.15. The smallest absolute Gasteiger partial charge is 0.134 e. The Morgan fingerprint density at radius 2 is 2.18 bits per heavy atom. The van der Waals surface area contributed by atoms with E-state index in [2.05, 4.69) is 43.9 Å². The van der Waals surface area contributed by atoms with Crippen LogP contribution in [0.25, 0.3) is 0 Å². The summed E-state index contributed by atoms with van der Waals surface area (Å²) in [6.45, 7) is 9.43. The summed E-state index contributed by atoms with van der Waals surface area (Å²) in [7, 11) is 0.